The van der Waals surface area contributed by atoms with Crippen molar-refractivity contribution in [1.29, 1.82) is 0 Å². The number of hydrogen-bond donors (Lipinski definition) is 2. The molecular weight excluding hydrogens is 218 g/mol. The molecule has 1 fully saturated rings. The number of aliphatic hydroxyl groups excluding tert-OH is 1. The third-order valence-electron chi connectivity index (χ3n) is 3.68. The van der Waals surface area contributed by atoms with Gasteiger partial charge < -0.3 is 15.2 Å². The third kappa shape index (κ3) is 3.96. The summed E-state index contributed by atoms with van der Waals surface area (Å²) >= 11 is 0. The molecule has 17 heavy (non-hydrogen) atoms. The fraction of sp³-hybridized carbons (Fsp3) is 0.923. The van der Waals surface area contributed by atoms with Gasteiger partial charge in [-0.25, -0.2) is 0 Å². The van der Waals surface area contributed by atoms with E-state index in [2.05, 4.69) is 12.2 Å². The molecule has 1 amide bonds. The van der Waals surface area contributed by atoms with Crippen LogP contribution in [0.25, 0.3) is 0 Å². The number of hydrogen-bond acceptors (Lipinski definition) is 3. The third-order valence-corrected chi connectivity index (χ3v) is 3.68. The van der Waals surface area contributed by atoms with Crippen LogP contribution in [0.4, 0.5) is 0 Å². The molecule has 4 atom stereocenters. The summed E-state index contributed by atoms with van der Waals surface area (Å²) in [5, 5.41) is 11.6. The van der Waals surface area contributed by atoms with Gasteiger partial charge in [-0.15, -0.1) is 0 Å². The zero-order valence-electron chi connectivity index (χ0n) is 11.1. The minimum atomic E-state index is -0.0251. The maximum absolute atomic E-state index is 12.0. The van der Waals surface area contributed by atoms with Crippen LogP contribution < -0.4 is 5.32 Å². The summed E-state index contributed by atoms with van der Waals surface area (Å²) in [6.07, 6.45) is 2.87. The van der Waals surface area contributed by atoms with E-state index in [0.29, 0.717) is 6.54 Å². The molecule has 0 radical (unpaired) electrons. The van der Waals surface area contributed by atoms with E-state index in [1.807, 2.05) is 13.8 Å². The highest BCUT2D eigenvalue weighted by molar-refractivity contribution is 5.79. The average Bonchev–Trinajstić information content (AvgIpc) is 2.53. The van der Waals surface area contributed by atoms with E-state index in [0.717, 1.165) is 19.3 Å². The highest BCUT2D eigenvalue weighted by atomic mass is 16.5. The SMILES string of the molecule is CC1OC(C)C(C(=O)NCCCCCO)C1C. The van der Waals surface area contributed by atoms with Gasteiger partial charge >= 0.3 is 0 Å². The van der Waals surface area contributed by atoms with Crippen molar-refractivity contribution in [3.8, 4) is 0 Å². The van der Waals surface area contributed by atoms with Crippen LogP contribution in [0.1, 0.15) is 40.0 Å². The van der Waals surface area contributed by atoms with Gasteiger partial charge in [0.1, 0.15) is 0 Å². The van der Waals surface area contributed by atoms with Crippen LogP contribution in [0.2, 0.25) is 0 Å². The Morgan fingerprint density at radius 3 is 2.41 bits per heavy atom. The molecule has 4 nitrogen and oxygen atoms in total. The van der Waals surface area contributed by atoms with E-state index < -0.39 is 0 Å². The molecule has 1 rings (SSSR count). The molecule has 100 valence electrons. The molecule has 1 heterocycles. The van der Waals surface area contributed by atoms with Crippen molar-refractivity contribution in [2.45, 2.75) is 52.2 Å². The van der Waals surface area contributed by atoms with Crippen LogP contribution in [0.3, 0.4) is 0 Å². The molecule has 0 aromatic carbocycles. The van der Waals surface area contributed by atoms with E-state index >= 15 is 0 Å². The molecule has 0 aromatic rings. The zero-order valence-corrected chi connectivity index (χ0v) is 11.1. The van der Waals surface area contributed by atoms with E-state index in [1.54, 1.807) is 0 Å². The number of unbranched alkanes of at least 4 members (excludes halogenated alkanes) is 2. The summed E-state index contributed by atoms with van der Waals surface area (Å²) < 4.78 is 5.66. The lowest BCUT2D eigenvalue weighted by Crippen LogP contribution is -2.37. The largest absolute Gasteiger partial charge is 0.396 e. The standard InChI is InChI=1S/C13H25NO3/c1-9-10(2)17-11(3)12(9)13(16)14-7-5-4-6-8-15/h9-12,15H,4-8H2,1-3H3,(H,14,16). The molecule has 4 heteroatoms. The van der Waals surface area contributed by atoms with E-state index in [1.165, 1.54) is 0 Å². The Morgan fingerprint density at radius 1 is 1.18 bits per heavy atom. The van der Waals surface area contributed by atoms with Crippen molar-refractivity contribution in [2.24, 2.45) is 11.8 Å². The summed E-state index contributed by atoms with van der Waals surface area (Å²) in [4.78, 5) is 12.0. The Hall–Kier alpha value is -0.610. The van der Waals surface area contributed by atoms with Crippen LogP contribution in [-0.4, -0.2) is 36.4 Å². The predicted octanol–water partition coefficient (Wildman–Crippen LogP) is 1.32. The van der Waals surface area contributed by atoms with E-state index in [-0.39, 0.29) is 36.6 Å². The summed E-state index contributed by atoms with van der Waals surface area (Å²) in [5.41, 5.74) is 0. The first-order valence-electron chi connectivity index (χ1n) is 6.62. The Bertz CT molecular complexity index is 245. The van der Waals surface area contributed by atoms with Gasteiger partial charge in [0.15, 0.2) is 0 Å². The maximum Gasteiger partial charge on any atom is 0.226 e. The van der Waals surface area contributed by atoms with Crippen molar-refractivity contribution in [3.63, 3.8) is 0 Å². The topological polar surface area (TPSA) is 58.6 Å². The molecule has 4 unspecified atom stereocenters. The number of aliphatic hydroxyl groups is 1. The number of ether oxygens (including phenoxy) is 1. The molecule has 0 aliphatic carbocycles. The lowest BCUT2D eigenvalue weighted by Gasteiger charge is -2.17. The van der Waals surface area contributed by atoms with Crippen molar-refractivity contribution >= 4 is 5.91 Å². The predicted molar refractivity (Wildman–Crippen MR) is 66.6 cm³/mol. The Morgan fingerprint density at radius 2 is 1.88 bits per heavy atom. The van der Waals surface area contributed by atoms with Gasteiger partial charge in [0.25, 0.3) is 0 Å². The molecule has 0 saturated carbocycles. The lowest BCUT2D eigenvalue weighted by molar-refractivity contribution is -0.127. The highest BCUT2D eigenvalue weighted by Crippen LogP contribution is 2.32. The van der Waals surface area contributed by atoms with Gasteiger partial charge in [0, 0.05) is 13.2 Å². The Labute approximate surface area is 104 Å². The fourth-order valence-corrected chi connectivity index (χ4v) is 2.46. The fourth-order valence-electron chi connectivity index (χ4n) is 2.46. The first-order chi connectivity index (χ1) is 8.07. The molecular formula is C13H25NO3. The van der Waals surface area contributed by atoms with Crippen molar-refractivity contribution in [2.75, 3.05) is 13.2 Å². The van der Waals surface area contributed by atoms with Gasteiger partial charge in [-0.3, -0.25) is 4.79 Å². The van der Waals surface area contributed by atoms with Crippen LogP contribution in [-0.2, 0) is 9.53 Å². The van der Waals surface area contributed by atoms with E-state index in [4.69, 9.17) is 9.84 Å². The minimum Gasteiger partial charge on any atom is -0.396 e. The van der Waals surface area contributed by atoms with Gasteiger partial charge in [0.2, 0.25) is 5.91 Å². The summed E-state index contributed by atoms with van der Waals surface area (Å²) in [7, 11) is 0. The number of carbonyl (C=O) groups is 1. The molecule has 0 aromatic heterocycles. The number of carbonyl (C=O) groups excluding carboxylic acids is 1. The second-order valence-corrected chi connectivity index (χ2v) is 5.01. The molecule has 1 aliphatic heterocycles. The van der Waals surface area contributed by atoms with Crippen LogP contribution in [0.5, 0.6) is 0 Å². The lowest BCUT2D eigenvalue weighted by atomic mass is 9.89. The van der Waals surface area contributed by atoms with Crippen LogP contribution in [0.15, 0.2) is 0 Å². The molecule has 1 saturated heterocycles. The monoisotopic (exact) mass is 243 g/mol. The summed E-state index contributed by atoms with van der Waals surface area (Å²) in [6.45, 7) is 7.00. The van der Waals surface area contributed by atoms with Gasteiger partial charge in [-0.05, 0) is 39.0 Å². The molecule has 0 spiro atoms. The average molecular weight is 243 g/mol. The van der Waals surface area contributed by atoms with Gasteiger partial charge in [-0.2, -0.15) is 0 Å². The second kappa shape index (κ2) is 6.97. The Kier molecular flexibility index (Phi) is 5.92. The van der Waals surface area contributed by atoms with Gasteiger partial charge in [0.05, 0.1) is 18.1 Å². The summed E-state index contributed by atoms with van der Waals surface area (Å²) in [6, 6.07) is 0. The van der Waals surface area contributed by atoms with Crippen LogP contribution >= 0.6 is 0 Å². The van der Waals surface area contributed by atoms with Crippen molar-refractivity contribution in [1.82, 2.24) is 5.32 Å². The first-order valence-corrected chi connectivity index (χ1v) is 6.62. The smallest absolute Gasteiger partial charge is 0.226 e. The number of rotatable bonds is 6. The first kappa shape index (κ1) is 14.5. The van der Waals surface area contributed by atoms with E-state index in [9.17, 15) is 4.79 Å². The minimum absolute atomic E-state index is 0.0115. The number of amides is 1. The molecule has 0 bridgehead atoms. The van der Waals surface area contributed by atoms with Gasteiger partial charge in [-0.1, -0.05) is 6.92 Å². The summed E-state index contributed by atoms with van der Waals surface area (Å²) in [5.74, 6) is 0.364. The second-order valence-electron chi connectivity index (χ2n) is 5.01. The quantitative estimate of drug-likeness (QED) is 0.692. The maximum atomic E-state index is 12.0. The molecule has 2 N–H and O–H groups in total. The normalized spacial score (nSPS) is 32.7. The number of nitrogens with one attached hydrogen (secondary N) is 1. The van der Waals surface area contributed by atoms with Crippen molar-refractivity contribution in [3.05, 3.63) is 0 Å². The Balaban J connectivity index is 2.27. The highest BCUT2D eigenvalue weighted by Gasteiger charge is 2.41. The molecule has 1 aliphatic rings. The zero-order chi connectivity index (χ0) is 12.8. The van der Waals surface area contributed by atoms with Crippen molar-refractivity contribution < 1.29 is 14.6 Å². The van der Waals surface area contributed by atoms with Crippen LogP contribution in [0, 0.1) is 11.8 Å².